The normalized spacial score (nSPS) is 24.8. The van der Waals surface area contributed by atoms with Crippen LogP contribution >= 0.6 is 0 Å². The van der Waals surface area contributed by atoms with Gasteiger partial charge in [-0.1, -0.05) is 82.1 Å². The molecule has 8 heteroatoms. The van der Waals surface area contributed by atoms with Crippen LogP contribution in [-0.4, -0.2) is 32.9 Å². The lowest BCUT2D eigenvalue weighted by molar-refractivity contribution is -0.155. The highest BCUT2D eigenvalue weighted by atomic mass is 32.2. The molecule has 3 aromatic carbocycles. The van der Waals surface area contributed by atoms with Crippen LogP contribution < -0.4 is 4.74 Å². The largest absolute Gasteiger partial charge is 0.489 e. The van der Waals surface area contributed by atoms with Crippen LogP contribution in [0.25, 0.3) is 0 Å². The molecule has 1 saturated carbocycles. The van der Waals surface area contributed by atoms with Crippen LogP contribution in [0.15, 0.2) is 71.6 Å². The minimum absolute atomic E-state index is 0.0771. The number of carbonyl (C=O) groups excluding carboxylic acids is 2. The molecule has 0 aliphatic heterocycles. The van der Waals surface area contributed by atoms with E-state index in [1.807, 2.05) is 56.3 Å². The summed E-state index contributed by atoms with van der Waals surface area (Å²) in [6, 6.07) is 20.3. The third-order valence-electron chi connectivity index (χ3n) is 9.48. The first kappa shape index (κ1) is 31.9. The quantitative estimate of drug-likeness (QED) is 0.183. The van der Waals surface area contributed by atoms with E-state index < -0.39 is 38.9 Å². The van der Waals surface area contributed by atoms with E-state index in [1.54, 1.807) is 12.1 Å². The predicted octanol–water partition coefficient (Wildman–Crippen LogP) is 7.30. The van der Waals surface area contributed by atoms with E-state index in [-0.39, 0.29) is 23.2 Å². The van der Waals surface area contributed by atoms with Crippen LogP contribution in [0.2, 0.25) is 0 Å². The van der Waals surface area contributed by atoms with Gasteiger partial charge in [-0.05, 0) is 66.6 Å². The van der Waals surface area contributed by atoms with Crippen molar-refractivity contribution in [2.24, 2.45) is 11.3 Å². The molecule has 0 radical (unpaired) electrons. The summed E-state index contributed by atoms with van der Waals surface area (Å²) in [5.41, 5.74) is 2.84. The van der Waals surface area contributed by atoms with Gasteiger partial charge in [-0.15, -0.1) is 0 Å². The Balaban J connectivity index is 1.57. The van der Waals surface area contributed by atoms with Crippen molar-refractivity contribution in [1.82, 2.24) is 0 Å². The lowest BCUT2D eigenvalue weighted by Gasteiger charge is -2.56. The Labute approximate surface area is 261 Å². The molecule has 1 fully saturated rings. The Kier molecular flexibility index (Phi) is 8.80. The van der Waals surface area contributed by atoms with Gasteiger partial charge in [-0.3, -0.25) is 13.8 Å². The minimum atomic E-state index is -4.06. The molecule has 2 aliphatic rings. The average Bonchev–Trinajstić information content (AvgIpc) is 2.98. The van der Waals surface area contributed by atoms with Gasteiger partial charge < -0.3 is 9.47 Å². The van der Waals surface area contributed by atoms with Crippen molar-refractivity contribution in [2.45, 2.75) is 89.7 Å². The number of carbonyl (C=O) groups is 2. The van der Waals surface area contributed by atoms with Gasteiger partial charge in [0.2, 0.25) is 5.78 Å². The first-order valence-electron chi connectivity index (χ1n) is 15.3. The van der Waals surface area contributed by atoms with E-state index in [2.05, 4.69) is 20.8 Å². The summed E-state index contributed by atoms with van der Waals surface area (Å²) in [6.45, 7) is 11.6. The molecule has 0 spiro atoms. The Morgan fingerprint density at radius 1 is 1.00 bits per heavy atom. The molecule has 1 unspecified atom stereocenters. The van der Waals surface area contributed by atoms with Gasteiger partial charge in [0.15, 0.2) is 6.10 Å². The lowest BCUT2D eigenvalue weighted by Crippen LogP contribution is -2.60. The number of esters is 1. The summed E-state index contributed by atoms with van der Waals surface area (Å²) in [7, 11) is -4.06. The molecular weight excluding hydrogens is 576 g/mol. The number of ketones is 1. The van der Waals surface area contributed by atoms with E-state index in [0.717, 1.165) is 35.1 Å². The van der Waals surface area contributed by atoms with E-state index in [4.69, 9.17) is 13.7 Å². The zero-order valence-electron chi connectivity index (χ0n) is 26.4. The molecule has 0 heterocycles. The molecule has 0 bridgehead atoms. The van der Waals surface area contributed by atoms with Crippen molar-refractivity contribution in [1.29, 1.82) is 0 Å². The number of Topliss-reactive ketones (excluding diaryl/α,β-unsaturated/α-hetero) is 1. The molecule has 0 saturated heterocycles. The van der Waals surface area contributed by atoms with Crippen LogP contribution in [0.1, 0.15) is 92.4 Å². The molecule has 0 N–H and O–H groups in total. The first-order chi connectivity index (χ1) is 20.7. The third kappa shape index (κ3) is 6.07. The van der Waals surface area contributed by atoms with E-state index in [9.17, 15) is 18.0 Å². The van der Waals surface area contributed by atoms with E-state index >= 15 is 0 Å². The van der Waals surface area contributed by atoms with Gasteiger partial charge in [0.1, 0.15) is 12.4 Å². The maximum Gasteiger partial charge on any atom is 0.303 e. The van der Waals surface area contributed by atoms with Crippen molar-refractivity contribution in [3.63, 3.8) is 0 Å². The van der Waals surface area contributed by atoms with Crippen molar-refractivity contribution >= 4 is 21.9 Å². The van der Waals surface area contributed by atoms with E-state index in [0.29, 0.717) is 24.3 Å². The van der Waals surface area contributed by atoms with Crippen molar-refractivity contribution in [3.8, 4) is 5.75 Å². The molecular formula is C36H42O7S. The van der Waals surface area contributed by atoms with Crippen LogP contribution in [0.3, 0.4) is 0 Å². The Hall–Kier alpha value is -3.49. The van der Waals surface area contributed by atoms with Crippen molar-refractivity contribution < 1.29 is 31.7 Å². The second-order valence-corrected chi connectivity index (χ2v) is 14.8. The maximum atomic E-state index is 14.3. The number of benzene rings is 3. The smallest absolute Gasteiger partial charge is 0.303 e. The van der Waals surface area contributed by atoms with E-state index in [1.165, 1.54) is 19.1 Å². The molecule has 5 rings (SSSR count). The number of hydrogen-bond donors (Lipinski definition) is 0. The SMILES string of the molecule is CC(=O)O[C@H]1C(=O)c2cc(C(C)C)c(OCc3ccccc3)cc2[C@@]2(C)CCC[C@@](C)(COS(=O)(=O)c3ccc(C)cc3)C12. The highest BCUT2D eigenvalue weighted by Crippen LogP contribution is 2.59. The van der Waals surface area contributed by atoms with Gasteiger partial charge in [0.25, 0.3) is 10.1 Å². The summed E-state index contributed by atoms with van der Waals surface area (Å²) >= 11 is 0. The van der Waals surface area contributed by atoms with Crippen molar-refractivity contribution in [2.75, 3.05) is 6.61 Å². The molecule has 7 nitrogen and oxygen atoms in total. The standard InChI is InChI=1S/C36H42O7S/c1-23(2)28-19-29-30(20-31(28)41-21-26-11-8-7-9-12-26)36(6)18-10-17-35(5,34(36)33(32(29)38)43-25(4)37)22-42-44(39,40)27-15-13-24(3)14-16-27/h7-9,11-16,19-20,23,33-34H,10,17-18,21-22H2,1-6H3/t33-,34?,35-,36+/m0/s1. The highest BCUT2D eigenvalue weighted by molar-refractivity contribution is 7.86. The number of fused-ring (bicyclic) bond motifs is 3. The molecule has 4 atom stereocenters. The lowest BCUT2D eigenvalue weighted by atomic mass is 9.48. The topological polar surface area (TPSA) is 96.0 Å². The van der Waals surface area contributed by atoms with Crippen LogP contribution in [0.4, 0.5) is 0 Å². The molecule has 0 amide bonds. The van der Waals surface area contributed by atoms with Crippen LogP contribution in [0, 0.1) is 18.3 Å². The van der Waals surface area contributed by atoms with Crippen molar-refractivity contribution in [3.05, 3.63) is 94.5 Å². The highest BCUT2D eigenvalue weighted by Gasteiger charge is 2.60. The number of ether oxygens (including phenoxy) is 2. The fraction of sp³-hybridized carbons (Fsp3) is 0.444. The average molecular weight is 619 g/mol. The summed E-state index contributed by atoms with van der Waals surface area (Å²) in [5, 5.41) is 0. The summed E-state index contributed by atoms with van der Waals surface area (Å²) < 4.78 is 44.4. The Morgan fingerprint density at radius 3 is 2.32 bits per heavy atom. The second-order valence-electron chi connectivity index (χ2n) is 13.2. The number of rotatable bonds is 9. The zero-order valence-corrected chi connectivity index (χ0v) is 27.2. The van der Waals surface area contributed by atoms with Crippen LogP contribution in [-0.2, 0) is 35.9 Å². The molecule has 2 aliphatic carbocycles. The first-order valence-corrected chi connectivity index (χ1v) is 16.7. The summed E-state index contributed by atoms with van der Waals surface area (Å²) in [5.74, 6) is -0.557. The predicted molar refractivity (Wildman–Crippen MR) is 168 cm³/mol. The summed E-state index contributed by atoms with van der Waals surface area (Å²) in [4.78, 5) is 26.8. The Bertz CT molecular complexity index is 1650. The van der Waals surface area contributed by atoms with Gasteiger partial charge in [-0.2, -0.15) is 8.42 Å². The zero-order chi connectivity index (χ0) is 31.9. The van der Waals surface area contributed by atoms with Crippen LogP contribution in [0.5, 0.6) is 5.75 Å². The monoisotopic (exact) mass is 618 g/mol. The maximum absolute atomic E-state index is 14.3. The number of hydrogen-bond acceptors (Lipinski definition) is 7. The Morgan fingerprint density at radius 2 is 1.68 bits per heavy atom. The fourth-order valence-corrected chi connectivity index (χ4v) is 8.31. The molecule has 234 valence electrons. The number of aryl methyl sites for hydroxylation is 1. The molecule has 44 heavy (non-hydrogen) atoms. The molecule has 3 aromatic rings. The fourth-order valence-electron chi connectivity index (χ4n) is 7.28. The van der Waals surface area contributed by atoms with Gasteiger partial charge >= 0.3 is 5.97 Å². The van der Waals surface area contributed by atoms with Gasteiger partial charge in [-0.25, -0.2) is 0 Å². The van der Waals surface area contributed by atoms with Gasteiger partial charge in [0.05, 0.1) is 11.5 Å². The second kappa shape index (κ2) is 12.1. The molecule has 0 aromatic heterocycles. The third-order valence-corrected chi connectivity index (χ3v) is 10.8. The van der Waals surface area contributed by atoms with Gasteiger partial charge in [0, 0.05) is 29.2 Å². The summed E-state index contributed by atoms with van der Waals surface area (Å²) in [6.07, 6.45) is 1.05. The minimum Gasteiger partial charge on any atom is -0.489 e.